The van der Waals surface area contributed by atoms with E-state index in [4.69, 9.17) is 15.0 Å². The van der Waals surface area contributed by atoms with Crippen molar-refractivity contribution >= 4 is 27.4 Å². The maximum absolute atomic E-state index is 12.4. The first-order chi connectivity index (χ1) is 19.2. The Morgan fingerprint density at radius 1 is 0.925 bits per heavy atom. The quantitative estimate of drug-likeness (QED) is 0.252. The van der Waals surface area contributed by atoms with Crippen molar-refractivity contribution < 1.29 is 22.5 Å². The van der Waals surface area contributed by atoms with Gasteiger partial charge in [0.05, 0.1) is 22.0 Å². The molecule has 3 aromatic carbocycles. The van der Waals surface area contributed by atoms with Crippen LogP contribution < -0.4 is 15.8 Å². The fourth-order valence-electron chi connectivity index (χ4n) is 3.79. The molecule has 10 nitrogen and oxygen atoms in total. The number of benzene rings is 3. The third-order valence-corrected chi connectivity index (χ3v) is 8.19. The first-order valence-electron chi connectivity index (χ1n) is 12.3. The predicted molar refractivity (Wildman–Crippen MR) is 151 cm³/mol. The van der Waals surface area contributed by atoms with Crippen LogP contribution in [0.1, 0.15) is 13.8 Å². The highest BCUT2D eigenvalue weighted by Crippen LogP contribution is 2.30. The van der Waals surface area contributed by atoms with E-state index in [0.29, 0.717) is 39.8 Å². The van der Waals surface area contributed by atoms with Crippen LogP contribution >= 0.6 is 0 Å². The summed E-state index contributed by atoms with van der Waals surface area (Å²) < 4.78 is 35.6. The lowest BCUT2D eigenvalue weighted by Gasteiger charge is -2.09. The van der Waals surface area contributed by atoms with Crippen molar-refractivity contribution in [1.82, 2.24) is 15.1 Å². The molecule has 0 aliphatic rings. The van der Waals surface area contributed by atoms with E-state index in [2.05, 4.69) is 20.4 Å². The molecule has 0 bridgehead atoms. The zero-order chi connectivity index (χ0) is 28.3. The number of para-hydroxylation sites is 1. The number of nitrogens with two attached hydrogens (primary N) is 1. The Hall–Kier alpha value is -5.03. The smallest absolute Gasteiger partial charge is 0.410 e. The summed E-state index contributed by atoms with van der Waals surface area (Å²) in [5, 5.41) is 6.28. The molecule has 0 spiro atoms. The maximum atomic E-state index is 12.4. The summed E-state index contributed by atoms with van der Waals surface area (Å²) in [7, 11) is -3.39. The minimum Gasteiger partial charge on any atom is -0.410 e. The number of anilines is 2. The highest BCUT2D eigenvalue weighted by Gasteiger charge is 2.20. The molecule has 40 heavy (non-hydrogen) atoms. The normalized spacial score (nSPS) is 11.4. The third-order valence-electron chi connectivity index (χ3n) is 6.02. The van der Waals surface area contributed by atoms with Crippen LogP contribution in [0.2, 0.25) is 0 Å². The van der Waals surface area contributed by atoms with Crippen LogP contribution in [0.15, 0.2) is 101 Å². The molecule has 0 aliphatic heterocycles. The summed E-state index contributed by atoms with van der Waals surface area (Å²) in [4.78, 5) is 21.2. The number of nitrogens with one attached hydrogen (secondary N) is 1. The van der Waals surface area contributed by atoms with Gasteiger partial charge in [-0.25, -0.2) is 23.2 Å². The van der Waals surface area contributed by atoms with E-state index in [9.17, 15) is 13.2 Å². The minimum atomic E-state index is -3.39. The second kappa shape index (κ2) is 11.0. The molecule has 0 unspecified atom stereocenters. The lowest BCUT2D eigenvalue weighted by molar-refractivity contribution is 0.215. The largest absolute Gasteiger partial charge is 0.417 e. The molecule has 0 saturated heterocycles. The van der Waals surface area contributed by atoms with Crippen LogP contribution in [0.25, 0.3) is 34.0 Å². The van der Waals surface area contributed by atoms with Crippen LogP contribution in [-0.2, 0) is 9.84 Å². The molecular formula is C29H25N5O5S. The molecular weight excluding hydrogens is 530 g/mol. The number of aromatic nitrogens is 3. The van der Waals surface area contributed by atoms with Crippen molar-refractivity contribution in [1.29, 1.82) is 0 Å². The van der Waals surface area contributed by atoms with Gasteiger partial charge in [0.1, 0.15) is 11.4 Å². The van der Waals surface area contributed by atoms with Crippen LogP contribution in [0.3, 0.4) is 0 Å². The molecule has 0 atom stereocenters. The van der Waals surface area contributed by atoms with E-state index in [0.717, 1.165) is 5.56 Å². The molecule has 202 valence electrons. The van der Waals surface area contributed by atoms with Crippen LogP contribution in [0.4, 0.5) is 16.3 Å². The summed E-state index contributed by atoms with van der Waals surface area (Å²) in [5.74, 6) is 0.908. The first-order valence-corrected chi connectivity index (χ1v) is 13.8. The molecule has 5 rings (SSSR count). The molecule has 3 N–H and O–H groups in total. The number of carbonyl (C=O) groups excluding carboxylic acids is 1. The summed E-state index contributed by atoms with van der Waals surface area (Å²) >= 11 is 0. The second-order valence-corrected chi connectivity index (χ2v) is 11.6. The lowest BCUT2D eigenvalue weighted by atomic mass is 10.1. The van der Waals surface area contributed by atoms with Gasteiger partial charge in [-0.1, -0.05) is 47.6 Å². The van der Waals surface area contributed by atoms with E-state index in [1.54, 1.807) is 92.7 Å². The van der Waals surface area contributed by atoms with Gasteiger partial charge < -0.3 is 15.0 Å². The standard InChI is InChI=1S/C29H25N5O5S/c1-18(2)40(36,37)23-14-10-20(11-15-23)25-17-31-28(30)27(33-25)26-16-24(34-39-26)19-8-12-21(13-9-19)32-29(35)38-22-6-4-3-5-7-22/h3-18H,1-2H3,(H2,30,31)(H,32,35). The number of rotatable bonds is 7. The van der Waals surface area contributed by atoms with Gasteiger partial charge in [-0.3, -0.25) is 5.32 Å². The van der Waals surface area contributed by atoms with Crippen LogP contribution in [-0.4, -0.2) is 34.9 Å². The third kappa shape index (κ3) is 5.69. The van der Waals surface area contributed by atoms with Crippen LogP contribution in [0.5, 0.6) is 5.75 Å². The summed E-state index contributed by atoms with van der Waals surface area (Å²) in [5.41, 5.74) is 9.37. The predicted octanol–water partition coefficient (Wildman–Crippen LogP) is 5.84. The van der Waals surface area contributed by atoms with Gasteiger partial charge >= 0.3 is 6.09 Å². The fourth-order valence-corrected chi connectivity index (χ4v) is 4.85. The maximum Gasteiger partial charge on any atom is 0.417 e. The Labute approximate surface area is 230 Å². The Kier molecular flexibility index (Phi) is 7.30. The van der Waals surface area contributed by atoms with Crippen molar-refractivity contribution in [3.63, 3.8) is 0 Å². The number of hydrogen-bond acceptors (Lipinski definition) is 9. The molecule has 0 aliphatic carbocycles. The zero-order valence-electron chi connectivity index (χ0n) is 21.6. The van der Waals surface area contributed by atoms with E-state index in [1.807, 2.05) is 6.07 Å². The van der Waals surface area contributed by atoms with Crippen molar-refractivity contribution in [2.45, 2.75) is 24.0 Å². The molecule has 2 heterocycles. The van der Waals surface area contributed by atoms with E-state index in [1.165, 1.54) is 6.20 Å². The van der Waals surface area contributed by atoms with E-state index < -0.39 is 21.2 Å². The van der Waals surface area contributed by atoms with Gasteiger partial charge in [-0.15, -0.1) is 0 Å². The number of ether oxygens (including phenoxy) is 1. The van der Waals surface area contributed by atoms with Gasteiger partial charge in [-0.2, -0.15) is 0 Å². The second-order valence-electron chi connectivity index (χ2n) is 9.09. The summed E-state index contributed by atoms with van der Waals surface area (Å²) in [6.45, 7) is 3.28. The van der Waals surface area contributed by atoms with Crippen molar-refractivity contribution in [2.24, 2.45) is 0 Å². The minimum absolute atomic E-state index is 0.155. The molecule has 5 aromatic rings. The Balaban J connectivity index is 1.32. The molecule has 0 radical (unpaired) electrons. The van der Waals surface area contributed by atoms with E-state index in [-0.39, 0.29) is 10.7 Å². The topological polar surface area (TPSA) is 150 Å². The van der Waals surface area contributed by atoms with E-state index >= 15 is 0 Å². The van der Waals surface area contributed by atoms with Gasteiger partial charge in [-0.05, 0) is 50.2 Å². The highest BCUT2D eigenvalue weighted by molar-refractivity contribution is 7.92. The Bertz CT molecular complexity index is 1750. The van der Waals surface area contributed by atoms with Gasteiger partial charge in [0.15, 0.2) is 27.1 Å². The number of nitrogen functional groups attached to an aromatic ring is 1. The van der Waals surface area contributed by atoms with Crippen molar-refractivity contribution in [3.05, 3.63) is 91.1 Å². The number of sulfone groups is 1. The Morgan fingerprint density at radius 2 is 1.57 bits per heavy atom. The highest BCUT2D eigenvalue weighted by atomic mass is 32.2. The molecule has 0 saturated carbocycles. The van der Waals surface area contributed by atoms with Gasteiger partial charge in [0.25, 0.3) is 0 Å². The van der Waals surface area contributed by atoms with Gasteiger partial charge in [0, 0.05) is 22.9 Å². The Morgan fingerprint density at radius 3 is 2.25 bits per heavy atom. The number of carbonyl (C=O) groups is 1. The van der Waals surface area contributed by atoms with Gasteiger partial charge in [0.2, 0.25) is 0 Å². The number of nitrogens with zero attached hydrogens (tertiary/aromatic N) is 3. The van der Waals surface area contributed by atoms with Crippen molar-refractivity contribution in [3.8, 4) is 39.7 Å². The summed E-state index contributed by atoms with van der Waals surface area (Å²) in [6, 6.07) is 23.9. The average molecular weight is 556 g/mol. The lowest BCUT2D eigenvalue weighted by Crippen LogP contribution is -2.16. The zero-order valence-corrected chi connectivity index (χ0v) is 22.4. The van der Waals surface area contributed by atoms with Crippen LogP contribution in [0, 0.1) is 0 Å². The summed E-state index contributed by atoms with van der Waals surface area (Å²) in [6.07, 6.45) is 0.907. The molecule has 11 heteroatoms. The number of amides is 1. The fraction of sp³-hybridized carbons (Fsp3) is 0.103. The average Bonchev–Trinajstić information content (AvgIpc) is 3.44. The SMILES string of the molecule is CC(C)S(=O)(=O)c1ccc(-c2cnc(N)c(-c3cc(-c4ccc(NC(=O)Oc5ccccc5)cc4)no3)n2)cc1. The first kappa shape index (κ1) is 26.6. The van der Waals surface area contributed by atoms with Crippen molar-refractivity contribution in [2.75, 3.05) is 11.1 Å². The molecule has 2 aromatic heterocycles. The molecule has 0 fully saturated rings. The molecule has 1 amide bonds. The monoisotopic (exact) mass is 555 g/mol. The number of hydrogen-bond donors (Lipinski definition) is 2.